The molecule has 3 saturated carbocycles. The Morgan fingerprint density at radius 1 is 0.346 bits per heavy atom. The van der Waals surface area contributed by atoms with Crippen LogP contribution in [0.2, 0.25) is 0 Å². The minimum atomic E-state index is 0.803. The van der Waals surface area contributed by atoms with Gasteiger partial charge in [0.05, 0.1) is 0 Å². The van der Waals surface area contributed by atoms with Crippen molar-refractivity contribution in [3.63, 3.8) is 0 Å². The summed E-state index contributed by atoms with van der Waals surface area (Å²) in [6.07, 6.45) is 26.8. The van der Waals surface area contributed by atoms with Gasteiger partial charge in [0.2, 0.25) is 0 Å². The fourth-order valence-electron chi connectivity index (χ4n) is 6.40. The molecule has 0 amide bonds. The summed E-state index contributed by atoms with van der Waals surface area (Å²) >= 11 is 7.98. The van der Waals surface area contributed by atoms with Gasteiger partial charge in [0.15, 0.2) is 0 Å². The van der Waals surface area contributed by atoms with E-state index in [4.69, 9.17) is 0 Å². The second kappa shape index (κ2) is 11.8. The van der Waals surface area contributed by atoms with Crippen molar-refractivity contribution < 1.29 is 0 Å². The third-order valence-electron chi connectivity index (χ3n) is 7.93. The van der Waals surface area contributed by atoms with Crippen LogP contribution in [0.4, 0.5) is 0 Å². The van der Waals surface area contributed by atoms with Crippen molar-refractivity contribution in [2.45, 2.75) is 125 Å². The highest BCUT2D eigenvalue weighted by Crippen LogP contribution is 2.42. The van der Waals surface area contributed by atoms with Crippen LogP contribution in [0.1, 0.15) is 116 Å². The maximum Gasteiger partial charge on any atom is 0.0148 e. The Hall–Kier alpha value is 0.960. The lowest BCUT2D eigenvalue weighted by Gasteiger charge is -2.36. The molecule has 0 radical (unpaired) electrons. The van der Waals surface area contributed by atoms with Crippen molar-refractivity contribution in [3.05, 3.63) is 0 Å². The summed E-state index contributed by atoms with van der Waals surface area (Å²) in [5, 5.41) is 0. The largest absolute Gasteiger partial charge is 0.0891 e. The van der Waals surface area contributed by atoms with Crippen LogP contribution in [0.25, 0.3) is 0 Å². The fraction of sp³-hybridized carbons (Fsp3) is 1.00. The van der Waals surface area contributed by atoms with E-state index in [1.165, 1.54) is 116 Å². The Bertz CT molecular complexity index is 338. The standard InChI is InChI=1S/C24H42Br2/c25-23-15-5-1-3-9-21(17-23)19-11-7-13-20(14-8-12-19)22-10-4-2-6-16-24(26)18-22/h19-24H,1-18H2. The zero-order valence-electron chi connectivity index (χ0n) is 16.9. The molecule has 3 aliphatic carbocycles. The molecule has 3 fully saturated rings. The van der Waals surface area contributed by atoms with Gasteiger partial charge in [-0.25, -0.2) is 0 Å². The van der Waals surface area contributed by atoms with E-state index in [1.807, 2.05) is 0 Å². The van der Waals surface area contributed by atoms with Gasteiger partial charge in [0, 0.05) is 9.65 Å². The van der Waals surface area contributed by atoms with Crippen LogP contribution in [0.15, 0.2) is 0 Å². The first-order valence-corrected chi connectivity index (χ1v) is 13.8. The molecule has 0 aliphatic heterocycles. The van der Waals surface area contributed by atoms with Crippen molar-refractivity contribution in [3.8, 4) is 0 Å². The highest BCUT2D eigenvalue weighted by atomic mass is 79.9. The molecule has 26 heavy (non-hydrogen) atoms. The van der Waals surface area contributed by atoms with E-state index in [-0.39, 0.29) is 0 Å². The highest BCUT2D eigenvalue weighted by molar-refractivity contribution is 9.09. The van der Waals surface area contributed by atoms with E-state index in [0.29, 0.717) is 0 Å². The van der Waals surface area contributed by atoms with Gasteiger partial charge in [-0.05, 0) is 49.4 Å². The zero-order chi connectivity index (χ0) is 18.2. The molecule has 0 bridgehead atoms. The first kappa shape index (κ1) is 21.7. The Morgan fingerprint density at radius 2 is 0.692 bits per heavy atom. The normalized spacial score (nSPS) is 41.8. The van der Waals surface area contributed by atoms with Gasteiger partial charge in [-0.15, -0.1) is 0 Å². The maximum absolute atomic E-state index is 3.99. The summed E-state index contributed by atoms with van der Waals surface area (Å²) in [4.78, 5) is 1.61. The molecule has 3 aliphatic rings. The Labute approximate surface area is 180 Å². The van der Waals surface area contributed by atoms with Crippen molar-refractivity contribution in [2.24, 2.45) is 23.7 Å². The first-order valence-electron chi connectivity index (χ1n) is 12.0. The molecule has 0 nitrogen and oxygen atoms in total. The molecule has 3 rings (SSSR count). The number of hydrogen-bond acceptors (Lipinski definition) is 0. The predicted octanol–water partition coefficient (Wildman–Crippen LogP) is 9.04. The lowest BCUT2D eigenvalue weighted by atomic mass is 9.71. The van der Waals surface area contributed by atoms with Gasteiger partial charge in [0.25, 0.3) is 0 Å². The number of alkyl halides is 2. The molecule has 0 aromatic heterocycles. The topological polar surface area (TPSA) is 0 Å². The lowest BCUT2D eigenvalue weighted by molar-refractivity contribution is 0.175. The molecular formula is C24H42Br2. The second-order valence-electron chi connectivity index (χ2n) is 9.84. The van der Waals surface area contributed by atoms with Gasteiger partial charge in [-0.1, -0.05) is 122 Å². The van der Waals surface area contributed by atoms with Crippen LogP contribution in [-0.4, -0.2) is 9.65 Å². The van der Waals surface area contributed by atoms with Gasteiger partial charge in [-0.2, -0.15) is 0 Å². The smallest absolute Gasteiger partial charge is 0.0148 e. The van der Waals surface area contributed by atoms with Crippen LogP contribution in [0.5, 0.6) is 0 Å². The molecule has 0 aromatic rings. The molecule has 0 saturated heterocycles. The minimum Gasteiger partial charge on any atom is -0.0891 e. The second-order valence-corrected chi connectivity index (χ2v) is 12.4. The van der Waals surface area contributed by atoms with Crippen LogP contribution in [0, 0.1) is 23.7 Å². The van der Waals surface area contributed by atoms with Gasteiger partial charge >= 0.3 is 0 Å². The van der Waals surface area contributed by atoms with Crippen molar-refractivity contribution in [2.75, 3.05) is 0 Å². The Kier molecular flexibility index (Phi) is 9.86. The van der Waals surface area contributed by atoms with Crippen molar-refractivity contribution in [1.29, 1.82) is 0 Å². The third-order valence-corrected chi connectivity index (χ3v) is 9.60. The fourth-order valence-corrected chi connectivity index (χ4v) is 8.01. The SMILES string of the molecule is BrC1CCCCCC(C2CCCC(C3CCCCCC(Br)C3)CCC2)C1. The van der Waals surface area contributed by atoms with Gasteiger partial charge in [0.1, 0.15) is 0 Å². The molecule has 4 unspecified atom stereocenters. The van der Waals surface area contributed by atoms with Crippen LogP contribution in [-0.2, 0) is 0 Å². The number of hydrogen-bond donors (Lipinski definition) is 0. The average molecular weight is 490 g/mol. The summed E-state index contributed by atoms with van der Waals surface area (Å²) in [7, 11) is 0. The van der Waals surface area contributed by atoms with E-state index in [9.17, 15) is 0 Å². The van der Waals surface area contributed by atoms with Crippen LogP contribution < -0.4 is 0 Å². The Balaban J connectivity index is 1.49. The van der Waals surface area contributed by atoms with Gasteiger partial charge in [-0.3, -0.25) is 0 Å². The molecule has 2 heteroatoms. The minimum absolute atomic E-state index is 0.803. The first-order chi connectivity index (χ1) is 12.7. The van der Waals surface area contributed by atoms with Gasteiger partial charge < -0.3 is 0 Å². The van der Waals surface area contributed by atoms with E-state index >= 15 is 0 Å². The van der Waals surface area contributed by atoms with E-state index in [1.54, 1.807) is 0 Å². The number of halogens is 2. The monoisotopic (exact) mass is 488 g/mol. The summed E-state index contributed by atoms with van der Waals surface area (Å²) in [5.74, 6) is 4.11. The summed E-state index contributed by atoms with van der Waals surface area (Å²) in [6, 6.07) is 0. The molecule has 0 spiro atoms. The quantitative estimate of drug-likeness (QED) is 0.339. The number of rotatable bonds is 2. The molecule has 152 valence electrons. The van der Waals surface area contributed by atoms with Crippen molar-refractivity contribution >= 4 is 31.9 Å². The highest BCUT2D eigenvalue weighted by Gasteiger charge is 2.30. The van der Waals surface area contributed by atoms with E-state index in [2.05, 4.69) is 31.9 Å². The summed E-state index contributed by atoms with van der Waals surface area (Å²) in [6.45, 7) is 0. The van der Waals surface area contributed by atoms with Crippen molar-refractivity contribution in [1.82, 2.24) is 0 Å². The molecule has 0 aromatic carbocycles. The van der Waals surface area contributed by atoms with Crippen LogP contribution >= 0.6 is 31.9 Å². The zero-order valence-corrected chi connectivity index (χ0v) is 20.1. The van der Waals surface area contributed by atoms with E-state index in [0.717, 1.165) is 33.3 Å². The molecular weight excluding hydrogens is 448 g/mol. The molecule has 0 N–H and O–H groups in total. The Morgan fingerprint density at radius 3 is 1.12 bits per heavy atom. The van der Waals surface area contributed by atoms with E-state index < -0.39 is 0 Å². The maximum atomic E-state index is 3.99. The predicted molar refractivity (Wildman–Crippen MR) is 122 cm³/mol. The van der Waals surface area contributed by atoms with Crippen LogP contribution in [0.3, 0.4) is 0 Å². The lowest BCUT2D eigenvalue weighted by Crippen LogP contribution is -2.25. The average Bonchev–Trinajstić information content (AvgIpc) is 2.55. The molecule has 4 atom stereocenters. The third kappa shape index (κ3) is 7.09. The molecule has 0 heterocycles. The summed E-state index contributed by atoms with van der Waals surface area (Å²) in [5.41, 5.74) is 0. The summed E-state index contributed by atoms with van der Waals surface area (Å²) < 4.78 is 0.